The van der Waals surface area contributed by atoms with Crippen molar-refractivity contribution in [2.45, 2.75) is 13.0 Å². The summed E-state index contributed by atoms with van der Waals surface area (Å²) in [5, 5.41) is 1.36. The van der Waals surface area contributed by atoms with Gasteiger partial charge in [0.15, 0.2) is 5.17 Å². The molecule has 4 nitrogen and oxygen atoms in total. The normalized spacial score (nSPS) is 16.7. The minimum Gasteiger partial charge on any atom is -0.487 e. The average Bonchev–Trinajstić information content (AvgIpc) is 2.96. The quantitative estimate of drug-likeness (QED) is 0.371. The molecule has 1 aliphatic heterocycles. The van der Waals surface area contributed by atoms with Crippen molar-refractivity contribution in [3.63, 3.8) is 0 Å². The maximum Gasteiger partial charge on any atom is 0.266 e. The van der Waals surface area contributed by atoms with E-state index in [1.807, 2.05) is 48.6 Å². The Balaban J connectivity index is 1.90. The van der Waals surface area contributed by atoms with E-state index in [1.165, 1.54) is 11.8 Å². The molecule has 0 unspecified atom stereocenters. The Kier molecular flexibility index (Phi) is 7.22. The third kappa shape index (κ3) is 4.94. The number of carbonyl (C=O) groups is 1. The second-order valence-electron chi connectivity index (χ2n) is 6.34. The number of carbonyl (C=O) groups excluding carboxylic acids is 1. The maximum absolute atomic E-state index is 12.4. The van der Waals surface area contributed by atoms with E-state index in [4.69, 9.17) is 16.3 Å². The fourth-order valence-corrected chi connectivity index (χ4v) is 4.64. The van der Waals surface area contributed by atoms with Gasteiger partial charge < -0.3 is 4.74 Å². The number of aliphatic imine (C=N–C) groups is 1. The zero-order valence-electron chi connectivity index (χ0n) is 16.1. The van der Waals surface area contributed by atoms with Crippen LogP contribution in [0.5, 0.6) is 5.75 Å². The van der Waals surface area contributed by atoms with Crippen LogP contribution in [0.4, 0.5) is 0 Å². The molecule has 1 saturated heterocycles. The number of benzene rings is 2. The summed E-state index contributed by atoms with van der Waals surface area (Å²) in [5.74, 6) is 0.682. The van der Waals surface area contributed by atoms with Crippen LogP contribution in [0.15, 0.2) is 63.4 Å². The van der Waals surface area contributed by atoms with E-state index >= 15 is 0 Å². The molecule has 2 aromatic rings. The van der Waals surface area contributed by atoms with Crippen LogP contribution in [-0.2, 0) is 17.8 Å². The Morgan fingerprint density at radius 1 is 1.31 bits per heavy atom. The SMILES string of the molecule is C=CCc1cc(/C=C2\SC(=NC)N(C)C2=O)cc(Br)c1OCc1ccccc1Cl. The lowest BCUT2D eigenvalue weighted by Gasteiger charge is -2.15. The fraction of sp³-hybridized carbons (Fsp3) is 0.182. The van der Waals surface area contributed by atoms with Crippen molar-refractivity contribution in [2.75, 3.05) is 14.1 Å². The van der Waals surface area contributed by atoms with Gasteiger partial charge >= 0.3 is 0 Å². The molecule has 1 aliphatic rings. The van der Waals surface area contributed by atoms with Gasteiger partial charge in [0.1, 0.15) is 12.4 Å². The molecule has 7 heteroatoms. The molecule has 0 saturated carbocycles. The second-order valence-corrected chi connectivity index (χ2v) is 8.62. The number of amidine groups is 1. The number of rotatable bonds is 6. The van der Waals surface area contributed by atoms with Crippen LogP contribution >= 0.6 is 39.3 Å². The summed E-state index contributed by atoms with van der Waals surface area (Å²) in [7, 11) is 3.40. The molecule has 150 valence electrons. The highest BCUT2D eigenvalue weighted by Gasteiger charge is 2.29. The van der Waals surface area contributed by atoms with E-state index in [-0.39, 0.29) is 5.91 Å². The summed E-state index contributed by atoms with van der Waals surface area (Å²) in [6.45, 7) is 4.21. The number of amides is 1. The summed E-state index contributed by atoms with van der Waals surface area (Å²) < 4.78 is 6.89. The Bertz CT molecular complexity index is 1020. The van der Waals surface area contributed by atoms with Crippen molar-refractivity contribution in [3.8, 4) is 5.75 Å². The monoisotopic (exact) mass is 490 g/mol. The molecule has 1 heterocycles. The highest BCUT2D eigenvalue weighted by molar-refractivity contribution is 9.10. The summed E-state index contributed by atoms with van der Waals surface area (Å²) in [6, 6.07) is 11.6. The summed E-state index contributed by atoms with van der Waals surface area (Å²) in [5.41, 5.74) is 2.79. The topological polar surface area (TPSA) is 41.9 Å². The number of hydrogen-bond acceptors (Lipinski definition) is 4. The molecule has 2 aromatic carbocycles. The standard InChI is InChI=1S/C22H20BrClN2O2S/c1-4-7-15-10-14(12-19-21(27)26(3)22(25-2)29-19)11-17(23)20(15)28-13-16-8-5-6-9-18(16)24/h4-6,8-12H,1,7,13H2,2-3H3/b19-12-,25-22?. The van der Waals surface area contributed by atoms with Crippen LogP contribution in [0.25, 0.3) is 6.08 Å². The zero-order valence-corrected chi connectivity index (χ0v) is 19.3. The highest BCUT2D eigenvalue weighted by atomic mass is 79.9. The number of allylic oxidation sites excluding steroid dienone is 1. The average molecular weight is 492 g/mol. The van der Waals surface area contributed by atoms with Crippen LogP contribution < -0.4 is 4.74 Å². The summed E-state index contributed by atoms with van der Waals surface area (Å²) in [6.07, 6.45) is 4.33. The number of hydrogen-bond donors (Lipinski definition) is 0. The third-order valence-corrected chi connectivity index (χ3v) is 6.44. The Morgan fingerprint density at radius 2 is 2.07 bits per heavy atom. The molecular formula is C22H20BrClN2O2S. The first-order chi connectivity index (χ1) is 13.9. The molecule has 29 heavy (non-hydrogen) atoms. The van der Waals surface area contributed by atoms with Crippen LogP contribution in [0, 0.1) is 0 Å². The minimum absolute atomic E-state index is 0.0592. The fourth-order valence-electron chi connectivity index (χ4n) is 2.89. The second kappa shape index (κ2) is 9.65. The van der Waals surface area contributed by atoms with E-state index < -0.39 is 0 Å². The molecule has 0 N–H and O–H groups in total. The molecular weight excluding hydrogens is 472 g/mol. The predicted octanol–water partition coefficient (Wildman–Crippen LogP) is 5.94. The van der Waals surface area contributed by atoms with Crippen LogP contribution in [0.3, 0.4) is 0 Å². The van der Waals surface area contributed by atoms with Crippen LogP contribution in [0.1, 0.15) is 16.7 Å². The largest absolute Gasteiger partial charge is 0.487 e. The lowest BCUT2D eigenvalue weighted by Crippen LogP contribution is -2.23. The number of ether oxygens (including phenoxy) is 1. The summed E-state index contributed by atoms with van der Waals surface area (Å²) in [4.78, 5) is 18.8. The molecule has 0 radical (unpaired) electrons. The molecule has 0 atom stereocenters. The van der Waals surface area contributed by atoms with Crippen LogP contribution in [0.2, 0.25) is 5.02 Å². The van der Waals surface area contributed by atoms with Gasteiger partial charge in [-0.25, -0.2) is 0 Å². The van der Waals surface area contributed by atoms with Crippen molar-refractivity contribution >= 4 is 56.4 Å². The van der Waals surface area contributed by atoms with E-state index in [0.29, 0.717) is 28.1 Å². The van der Waals surface area contributed by atoms with E-state index in [2.05, 4.69) is 27.5 Å². The molecule has 0 aromatic heterocycles. The van der Waals surface area contributed by atoms with Gasteiger partial charge in [0, 0.05) is 24.7 Å². The maximum atomic E-state index is 12.4. The van der Waals surface area contributed by atoms with Crippen molar-refractivity contribution in [2.24, 2.45) is 4.99 Å². The molecule has 0 aliphatic carbocycles. The lowest BCUT2D eigenvalue weighted by molar-refractivity contribution is -0.121. The lowest BCUT2D eigenvalue weighted by atomic mass is 10.1. The Morgan fingerprint density at radius 3 is 2.72 bits per heavy atom. The number of likely N-dealkylation sites (N-methyl/N-ethyl adjacent to an activating group) is 1. The van der Waals surface area contributed by atoms with Gasteiger partial charge in [0.25, 0.3) is 5.91 Å². The van der Waals surface area contributed by atoms with Gasteiger partial charge in [-0.3, -0.25) is 14.7 Å². The molecule has 0 bridgehead atoms. The van der Waals surface area contributed by atoms with Crippen molar-refractivity contribution < 1.29 is 9.53 Å². The van der Waals surface area contributed by atoms with Crippen LogP contribution in [-0.4, -0.2) is 30.1 Å². The van der Waals surface area contributed by atoms with E-state index in [0.717, 1.165) is 26.9 Å². The van der Waals surface area contributed by atoms with Gasteiger partial charge in [0.05, 0.1) is 9.38 Å². The molecule has 3 rings (SSSR count). The first-order valence-corrected chi connectivity index (χ1v) is 10.9. The smallest absolute Gasteiger partial charge is 0.266 e. The van der Waals surface area contributed by atoms with Gasteiger partial charge in [-0.05, 0) is 69.5 Å². The first kappa shape index (κ1) is 21.7. The number of thioether (sulfide) groups is 1. The number of nitrogens with zero attached hydrogens (tertiary/aromatic N) is 2. The van der Waals surface area contributed by atoms with Crippen molar-refractivity contribution in [1.82, 2.24) is 4.90 Å². The van der Waals surface area contributed by atoms with Crippen molar-refractivity contribution in [3.05, 3.63) is 80.1 Å². The molecule has 1 fully saturated rings. The van der Waals surface area contributed by atoms with E-state index in [1.54, 1.807) is 19.0 Å². The van der Waals surface area contributed by atoms with Gasteiger partial charge in [-0.2, -0.15) is 0 Å². The van der Waals surface area contributed by atoms with Gasteiger partial charge in [0.2, 0.25) is 0 Å². The Hall–Kier alpha value is -2.02. The van der Waals surface area contributed by atoms with Gasteiger partial charge in [-0.1, -0.05) is 35.9 Å². The molecule has 1 amide bonds. The number of halogens is 2. The predicted molar refractivity (Wildman–Crippen MR) is 126 cm³/mol. The zero-order chi connectivity index (χ0) is 21.0. The van der Waals surface area contributed by atoms with Crippen molar-refractivity contribution in [1.29, 1.82) is 0 Å². The third-order valence-electron chi connectivity index (χ3n) is 4.33. The van der Waals surface area contributed by atoms with E-state index in [9.17, 15) is 4.79 Å². The highest BCUT2D eigenvalue weighted by Crippen LogP contribution is 2.36. The van der Waals surface area contributed by atoms with Gasteiger partial charge in [-0.15, -0.1) is 6.58 Å². The Labute approximate surface area is 188 Å². The summed E-state index contributed by atoms with van der Waals surface area (Å²) >= 11 is 11.2. The minimum atomic E-state index is -0.0592. The molecule has 0 spiro atoms. The first-order valence-electron chi connectivity index (χ1n) is 8.88.